The molecule has 1 N–H and O–H groups in total. The van der Waals surface area contributed by atoms with Crippen LogP contribution in [0.25, 0.3) is 22.2 Å². The zero-order chi connectivity index (χ0) is 24.8. The van der Waals surface area contributed by atoms with Crippen LogP contribution in [0.4, 0.5) is 10.7 Å². The first-order valence-electron chi connectivity index (χ1n) is 12.3. The van der Waals surface area contributed by atoms with E-state index in [1.807, 2.05) is 22.8 Å². The molecule has 2 aromatic heterocycles. The number of piperazine rings is 1. The molecule has 36 heavy (non-hydrogen) atoms. The standard InChI is InChI=1S/C26H29N7O3/c1-16-12-20(19-4-5-22-23(14-19)28-17(2)27-22)13-21-15-33(10-11-35-24(16)21)26(34)32-8-6-31(7-9-32)25-29-18(3)36-30-25/h4-5,12-14H,6-11,15H2,1-3H3,(H,27,28). The molecule has 0 radical (unpaired) electrons. The average molecular weight is 488 g/mol. The van der Waals surface area contributed by atoms with Crippen LogP contribution < -0.4 is 9.64 Å². The molecule has 2 amide bonds. The Labute approximate surface area is 208 Å². The van der Waals surface area contributed by atoms with Crippen LogP contribution in [0.3, 0.4) is 0 Å². The average Bonchev–Trinajstić information content (AvgIpc) is 3.40. The summed E-state index contributed by atoms with van der Waals surface area (Å²) in [5.41, 5.74) is 6.27. The van der Waals surface area contributed by atoms with Gasteiger partial charge in [0.1, 0.15) is 18.2 Å². The van der Waals surface area contributed by atoms with Gasteiger partial charge in [-0.25, -0.2) is 9.78 Å². The van der Waals surface area contributed by atoms with Gasteiger partial charge in [0, 0.05) is 38.7 Å². The van der Waals surface area contributed by atoms with Crippen LogP contribution in [0, 0.1) is 20.8 Å². The molecule has 1 fully saturated rings. The number of anilines is 1. The number of aromatic amines is 1. The van der Waals surface area contributed by atoms with E-state index in [1.54, 1.807) is 6.92 Å². The SMILES string of the molecule is Cc1nc2ccc(-c3cc(C)c4c(c3)CN(C(=O)N3CCN(c5noc(C)n5)CC3)CCO4)cc2[nH]1. The second kappa shape index (κ2) is 8.85. The van der Waals surface area contributed by atoms with Crippen molar-refractivity contribution < 1.29 is 14.1 Å². The van der Waals surface area contributed by atoms with Gasteiger partial charge in [0.2, 0.25) is 5.89 Å². The lowest BCUT2D eigenvalue weighted by molar-refractivity contribution is 0.142. The van der Waals surface area contributed by atoms with Crippen molar-refractivity contribution in [2.24, 2.45) is 0 Å². The number of amides is 2. The maximum absolute atomic E-state index is 13.5. The maximum atomic E-state index is 13.5. The second-order valence-corrected chi connectivity index (χ2v) is 9.48. The molecule has 1 saturated heterocycles. The van der Waals surface area contributed by atoms with Crippen molar-refractivity contribution >= 4 is 23.0 Å². The normalized spacial score (nSPS) is 16.1. The predicted octanol–water partition coefficient (Wildman–Crippen LogP) is 3.67. The minimum Gasteiger partial charge on any atom is -0.491 e. The van der Waals surface area contributed by atoms with E-state index in [2.05, 4.69) is 56.2 Å². The molecule has 186 valence electrons. The molecule has 6 rings (SSSR count). The fourth-order valence-corrected chi connectivity index (χ4v) is 5.07. The van der Waals surface area contributed by atoms with Gasteiger partial charge < -0.3 is 28.9 Å². The van der Waals surface area contributed by atoms with Crippen molar-refractivity contribution in [2.75, 3.05) is 44.2 Å². The number of fused-ring (bicyclic) bond motifs is 2. The number of nitrogens with zero attached hydrogens (tertiary/aromatic N) is 6. The van der Waals surface area contributed by atoms with Crippen LogP contribution in [0.2, 0.25) is 0 Å². The highest BCUT2D eigenvalue weighted by Crippen LogP contribution is 2.34. The smallest absolute Gasteiger partial charge is 0.320 e. The number of benzene rings is 2. The van der Waals surface area contributed by atoms with Crippen LogP contribution >= 0.6 is 0 Å². The van der Waals surface area contributed by atoms with Crippen molar-refractivity contribution in [3.63, 3.8) is 0 Å². The van der Waals surface area contributed by atoms with Crippen molar-refractivity contribution in [1.29, 1.82) is 0 Å². The Bertz CT molecular complexity index is 1430. The number of hydrogen-bond donors (Lipinski definition) is 1. The number of imidazole rings is 1. The Morgan fingerprint density at radius 3 is 2.56 bits per heavy atom. The van der Waals surface area contributed by atoms with E-state index in [4.69, 9.17) is 9.26 Å². The number of aromatic nitrogens is 4. The Morgan fingerprint density at radius 2 is 1.78 bits per heavy atom. The third-order valence-corrected chi connectivity index (χ3v) is 6.87. The number of hydrogen-bond acceptors (Lipinski definition) is 7. The van der Waals surface area contributed by atoms with Gasteiger partial charge in [-0.05, 0) is 60.0 Å². The van der Waals surface area contributed by atoms with E-state index in [1.165, 1.54) is 0 Å². The lowest BCUT2D eigenvalue weighted by atomic mass is 9.98. The summed E-state index contributed by atoms with van der Waals surface area (Å²) in [5, 5.41) is 4.00. The summed E-state index contributed by atoms with van der Waals surface area (Å²) in [4.78, 5) is 31.4. The molecular formula is C26H29N7O3. The fraction of sp³-hybridized carbons (Fsp3) is 0.385. The molecule has 2 aliphatic rings. The first-order valence-corrected chi connectivity index (χ1v) is 12.3. The highest BCUT2D eigenvalue weighted by atomic mass is 16.5. The summed E-state index contributed by atoms with van der Waals surface area (Å²) >= 11 is 0. The quantitative estimate of drug-likeness (QED) is 0.460. The number of H-pyrrole nitrogens is 1. The summed E-state index contributed by atoms with van der Waals surface area (Å²) < 4.78 is 11.2. The second-order valence-electron chi connectivity index (χ2n) is 9.48. The predicted molar refractivity (Wildman–Crippen MR) is 135 cm³/mol. The molecule has 4 aromatic rings. The third kappa shape index (κ3) is 4.12. The van der Waals surface area contributed by atoms with Gasteiger partial charge in [-0.3, -0.25) is 0 Å². The Kier molecular flexibility index (Phi) is 5.50. The number of ether oxygens (including phenoxy) is 1. The van der Waals surface area contributed by atoms with Gasteiger partial charge in [-0.2, -0.15) is 4.98 Å². The van der Waals surface area contributed by atoms with Gasteiger partial charge in [0.15, 0.2) is 0 Å². The van der Waals surface area contributed by atoms with Crippen molar-refractivity contribution in [1.82, 2.24) is 29.9 Å². The topological polar surface area (TPSA) is 104 Å². The fourth-order valence-electron chi connectivity index (χ4n) is 5.07. The Hall–Kier alpha value is -4.08. The Morgan fingerprint density at radius 1 is 0.944 bits per heavy atom. The van der Waals surface area contributed by atoms with Crippen LogP contribution in [0.15, 0.2) is 34.9 Å². The molecule has 0 aliphatic carbocycles. The van der Waals surface area contributed by atoms with E-state index >= 15 is 0 Å². The van der Waals surface area contributed by atoms with E-state index in [0.29, 0.717) is 57.7 Å². The summed E-state index contributed by atoms with van der Waals surface area (Å²) in [5.74, 6) is 2.91. The minimum absolute atomic E-state index is 0.0350. The van der Waals surface area contributed by atoms with E-state index in [0.717, 1.165) is 44.9 Å². The number of aryl methyl sites for hydroxylation is 3. The Balaban J connectivity index is 1.21. The highest BCUT2D eigenvalue weighted by Gasteiger charge is 2.29. The third-order valence-electron chi connectivity index (χ3n) is 6.87. The van der Waals surface area contributed by atoms with Crippen LogP contribution in [0.1, 0.15) is 22.8 Å². The molecule has 10 heteroatoms. The van der Waals surface area contributed by atoms with Crippen molar-refractivity contribution in [2.45, 2.75) is 27.3 Å². The van der Waals surface area contributed by atoms with Gasteiger partial charge in [0.05, 0.1) is 24.1 Å². The van der Waals surface area contributed by atoms with Gasteiger partial charge in [-0.1, -0.05) is 6.07 Å². The molecule has 10 nitrogen and oxygen atoms in total. The molecule has 0 spiro atoms. The van der Waals surface area contributed by atoms with E-state index in [-0.39, 0.29) is 6.03 Å². The first-order chi connectivity index (χ1) is 17.4. The molecular weight excluding hydrogens is 458 g/mol. The lowest BCUT2D eigenvalue weighted by Crippen LogP contribution is -2.53. The maximum Gasteiger partial charge on any atom is 0.320 e. The van der Waals surface area contributed by atoms with Crippen LogP contribution in [0.5, 0.6) is 5.75 Å². The molecule has 0 bridgehead atoms. The number of rotatable bonds is 2. The molecule has 0 unspecified atom stereocenters. The number of urea groups is 1. The summed E-state index contributed by atoms with van der Waals surface area (Å²) in [6.07, 6.45) is 0. The largest absolute Gasteiger partial charge is 0.491 e. The summed E-state index contributed by atoms with van der Waals surface area (Å²) in [6.45, 7) is 9.90. The number of carbonyl (C=O) groups is 1. The van der Waals surface area contributed by atoms with Crippen molar-refractivity contribution in [3.05, 3.63) is 53.2 Å². The molecule has 0 atom stereocenters. The van der Waals surface area contributed by atoms with Crippen molar-refractivity contribution in [3.8, 4) is 16.9 Å². The van der Waals surface area contributed by atoms with Gasteiger partial charge >= 0.3 is 6.03 Å². The van der Waals surface area contributed by atoms with Gasteiger partial charge in [-0.15, -0.1) is 0 Å². The summed E-state index contributed by atoms with van der Waals surface area (Å²) in [6, 6.07) is 10.6. The van der Waals surface area contributed by atoms with Crippen LogP contribution in [-0.2, 0) is 6.54 Å². The highest BCUT2D eigenvalue weighted by molar-refractivity contribution is 5.82. The zero-order valence-corrected chi connectivity index (χ0v) is 20.7. The number of carbonyl (C=O) groups excluding carboxylic acids is 1. The molecule has 4 heterocycles. The number of nitrogens with one attached hydrogen (secondary N) is 1. The molecule has 2 aromatic carbocycles. The lowest BCUT2D eigenvalue weighted by Gasteiger charge is -2.36. The van der Waals surface area contributed by atoms with E-state index in [9.17, 15) is 4.79 Å². The monoisotopic (exact) mass is 487 g/mol. The molecule has 2 aliphatic heterocycles. The summed E-state index contributed by atoms with van der Waals surface area (Å²) in [7, 11) is 0. The van der Waals surface area contributed by atoms with Crippen LogP contribution in [-0.4, -0.2) is 75.3 Å². The molecule has 0 saturated carbocycles. The first kappa shape index (κ1) is 22.4. The minimum atomic E-state index is 0.0350. The zero-order valence-electron chi connectivity index (χ0n) is 20.7. The van der Waals surface area contributed by atoms with Gasteiger partial charge in [0.25, 0.3) is 5.95 Å². The van der Waals surface area contributed by atoms with E-state index < -0.39 is 0 Å².